The molecule has 0 radical (unpaired) electrons. The number of hydrogen-bond acceptors (Lipinski definition) is 3. The average Bonchev–Trinajstić information content (AvgIpc) is 2.27. The van der Waals surface area contributed by atoms with E-state index < -0.39 is 11.7 Å². The molecule has 0 bridgehead atoms. The second kappa shape index (κ2) is 5.64. The number of hydroxylamine groups is 2. The van der Waals surface area contributed by atoms with Crippen molar-refractivity contribution in [3.8, 4) is 0 Å². The fraction of sp³-hybridized carbons (Fsp3) is 0.385. The molecule has 5 heteroatoms. The van der Waals surface area contributed by atoms with Crippen molar-refractivity contribution < 1.29 is 19.5 Å². The molecule has 0 heterocycles. The molecule has 0 spiro atoms. The van der Waals surface area contributed by atoms with Gasteiger partial charge in [0.1, 0.15) is 6.54 Å². The molecule has 1 N–H and O–H groups in total. The van der Waals surface area contributed by atoms with E-state index in [0.717, 1.165) is 0 Å². The largest absolute Gasteiger partial charge is 0.463 e. The number of carbonyl (C=O) groups excluding carboxylic acids is 1. The molecule has 1 amide bonds. The van der Waals surface area contributed by atoms with Gasteiger partial charge in [-0.2, -0.15) is 5.06 Å². The van der Waals surface area contributed by atoms with Crippen LogP contribution >= 0.6 is 0 Å². The summed E-state index contributed by atoms with van der Waals surface area (Å²) in [6, 6.07) is 8.52. The highest BCUT2D eigenvalue weighted by Crippen LogP contribution is 2.11. The van der Waals surface area contributed by atoms with Crippen molar-refractivity contribution in [3.63, 3.8) is 0 Å². The molecule has 0 aliphatic carbocycles. The summed E-state index contributed by atoms with van der Waals surface area (Å²) >= 11 is 0. The molecule has 1 aromatic carbocycles. The Hall–Kier alpha value is -1.88. The van der Waals surface area contributed by atoms with Gasteiger partial charge in [-0.15, -0.1) is 0 Å². The lowest BCUT2D eigenvalue weighted by molar-refractivity contribution is -0.196. The van der Waals surface area contributed by atoms with Gasteiger partial charge in [-0.05, 0) is 20.8 Å². The van der Waals surface area contributed by atoms with E-state index in [9.17, 15) is 9.59 Å². The molecule has 0 unspecified atom stereocenters. The summed E-state index contributed by atoms with van der Waals surface area (Å²) in [5, 5.41) is 9.64. The third-order valence-corrected chi connectivity index (χ3v) is 1.98. The Morgan fingerprint density at radius 1 is 1.22 bits per heavy atom. The lowest BCUT2D eigenvalue weighted by atomic mass is 10.1. The fourth-order valence-electron chi connectivity index (χ4n) is 1.32. The maximum absolute atomic E-state index is 11.9. The quantitative estimate of drug-likeness (QED) is 0.659. The van der Waals surface area contributed by atoms with Crippen LogP contribution in [0.1, 0.15) is 31.1 Å². The molecule has 18 heavy (non-hydrogen) atoms. The van der Waals surface area contributed by atoms with E-state index in [1.54, 1.807) is 51.1 Å². The summed E-state index contributed by atoms with van der Waals surface area (Å²) in [6.45, 7) is 4.83. The summed E-state index contributed by atoms with van der Waals surface area (Å²) in [5.74, 6) is -0.303. The van der Waals surface area contributed by atoms with Crippen LogP contribution < -0.4 is 0 Å². The van der Waals surface area contributed by atoms with Crippen LogP contribution in [0.25, 0.3) is 0 Å². The highest BCUT2D eigenvalue weighted by atomic mass is 16.7. The predicted octanol–water partition coefficient (Wildman–Crippen LogP) is 2.58. The average molecular weight is 251 g/mol. The molecule has 0 saturated carbocycles. The van der Waals surface area contributed by atoms with Gasteiger partial charge in [-0.3, -0.25) is 9.63 Å². The first-order valence-electron chi connectivity index (χ1n) is 5.57. The van der Waals surface area contributed by atoms with Crippen LogP contribution in [0.15, 0.2) is 30.3 Å². The van der Waals surface area contributed by atoms with E-state index in [1.165, 1.54) is 0 Å². The number of carbonyl (C=O) groups is 2. The van der Waals surface area contributed by atoms with Gasteiger partial charge in [0.25, 0.3) is 0 Å². The lowest BCUT2D eigenvalue weighted by Crippen LogP contribution is -2.40. The number of rotatable bonds is 4. The minimum absolute atomic E-state index is 0.303. The van der Waals surface area contributed by atoms with Crippen molar-refractivity contribution in [2.45, 2.75) is 26.4 Å². The number of amides is 1. The third-order valence-electron chi connectivity index (χ3n) is 1.98. The molecule has 0 aliphatic rings. The molecule has 0 saturated heterocycles. The van der Waals surface area contributed by atoms with E-state index in [0.29, 0.717) is 10.6 Å². The lowest BCUT2D eigenvalue weighted by Gasteiger charge is -2.26. The second-order valence-corrected chi connectivity index (χ2v) is 4.81. The molecular formula is C13H17NO4. The van der Waals surface area contributed by atoms with Crippen molar-refractivity contribution in [2.75, 3.05) is 6.54 Å². The third kappa shape index (κ3) is 4.55. The summed E-state index contributed by atoms with van der Waals surface area (Å²) in [7, 11) is 0. The van der Waals surface area contributed by atoms with Crippen molar-refractivity contribution in [1.82, 2.24) is 5.06 Å². The summed E-state index contributed by atoms with van der Waals surface area (Å²) in [4.78, 5) is 28.1. The van der Waals surface area contributed by atoms with Crippen LogP contribution in [0.5, 0.6) is 0 Å². The van der Waals surface area contributed by atoms with Gasteiger partial charge in [-0.25, -0.2) is 4.79 Å². The summed E-state index contributed by atoms with van der Waals surface area (Å²) in [6.07, 6.45) is -1.28. The molecule has 0 aliphatic heterocycles. The van der Waals surface area contributed by atoms with Crippen LogP contribution in [0.4, 0.5) is 4.79 Å². The number of carboxylic acid groups (broad SMARTS) is 1. The number of ketones is 1. The van der Waals surface area contributed by atoms with Gasteiger partial charge >= 0.3 is 6.09 Å². The fourth-order valence-corrected chi connectivity index (χ4v) is 1.32. The molecule has 0 fully saturated rings. The van der Waals surface area contributed by atoms with Crippen molar-refractivity contribution in [1.29, 1.82) is 0 Å². The van der Waals surface area contributed by atoms with Crippen LogP contribution in [0.3, 0.4) is 0 Å². The number of hydrogen-bond donors (Lipinski definition) is 1. The summed E-state index contributed by atoms with van der Waals surface area (Å²) < 4.78 is 0. The van der Waals surface area contributed by atoms with Crippen LogP contribution in [-0.4, -0.2) is 34.2 Å². The molecular weight excluding hydrogens is 234 g/mol. The molecule has 1 aromatic rings. The monoisotopic (exact) mass is 251 g/mol. The standard InChI is InChI=1S/C13H17NO4/c1-13(2,3)18-14(12(16)17)9-11(15)10-7-5-4-6-8-10/h4-8H,9H2,1-3H3,(H,16,17). The number of Topliss-reactive ketones (excluding diaryl/α,β-unsaturated/α-hetero) is 1. The van der Waals surface area contributed by atoms with Crippen molar-refractivity contribution >= 4 is 11.9 Å². The smallest absolute Gasteiger partial charge is 0.431 e. The first-order chi connectivity index (χ1) is 8.29. The minimum Gasteiger partial charge on any atom is -0.463 e. The maximum Gasteiger partial charge on any atom is 0.431 e. The van der Waals surface area contributed by atoms with E-state index in [4.69, 9.17) is 9.94 Å². The molecule has 98 valence electrons. The highest BCUT2D eigenvalue weighted by molar-refractivity contribution is 5.98. The van der Waals surface area contributed by atoms with Crippen LogP contribution in [0.2, 0.25) is 0 Å². The van der Waals surface area contributed by atoms with Crippen LogP contribution in [-0.2, 0) is 4.84 Å². The normalized spacial score (nSPS) is 11.1. The topological polar surface area (TPSA) is 66.8 Å². The Kier molecular flexibility index (Phi) is 4.44. The Morgan fingerprint density at radius 2 is 1.78 bits per heavy atom. The van der Waals surface area contributed by atoms with E-state index in [1.807, 2.05) is 0 Å². The van der Waals surface area contributed by atoms with Crippen molar-refractivity contribution in [2.24, 2.45) is 0 Å². The van der Waals surface area contributed by atoms with Gasteiger partial charge in [0, 0.05) is 5.56 Å². The minimum atomic E-state index is -1.28. The number of benzene rings is 1. The Bertz CT molecular complexity index is 422. The van der Waals surface area contributed by atoms with E-state index in [-0.39, 0.29) is 12.3 Å². The second-order valence-electron chi connectivity index (χ2n) is 4.81. The Balaban J connectivity index is 2.73. The molecule has 1 rings (SSSR count). The zero-order chi connectivity index (χ0) is 13.8. The maximum atomic E-state index is 11.9. The van der Waals surface area contributed by atoms with Crippen molar-refractivity contribution in [3.05, 3.63) is 35.9 Å². The first kappa shape index (κ1) is 14.2. The van der Waals surface area contributed by atoms with Gasteiger partial charge in [0.2, 0.25) is 0 Å². The highest BCUT2D eigenvalue weighted by Gasteiger charge is 2.24. The Morgan fingerprint density at radius 3 is 2.22 bits per heavy atom. The van der Waals surface area contributed by atoms with Gasteiger partial charge in [0.15, 0.2) is 5.78 Å². The Labute approximate surface area is 106 Å². The number of nitrogens with zero attached hydrogens (tertiary/aromatic N) is 1. The zero-order valence-corrected chi connectivity index (χ0v) is 10.7. The van der Waals surface area contributed by atoms with Gasteiger partial charge in [-0.1, -0.05) is 30.3 Å². The van der Waals surface area contributed by atoms with E-state index >= 15 is 0 Å². The predicted molar refractivity (Wildman–Crippen MR) is 66.3 cm³/mol. The summed E-state index contributed by atoms with van der Waals surface area (Å²) in [5.41, 5.74) is -0.212. The first-order valence-corrected chi connectivity index (χ1v) is 5.57. The zero-order valence-electron chi connectivity index (χ0n) is 10.7. The van der Waals surface area contributed by atoms with Gasteiger partial charge in [0.05, 0.1) is 5.60 Å². The molecule has 5 nitrogen and oxygen atoms in total. The van der Waals surface area contributed by atoms with Gasteiger partial charge < -0.3 is 5.11 Å². The molecule has 0 atom stereocenters. The van der Waals surface area contributed by atoms with Crippen LogP contribution in [0, 0.1) is 0 Å². The molecule has 0 aromatic heterocycles. The van der Waals surface area contributed by atoms with E-state index in [2.05, 4.69) is 0 Å². The SMILES string of the molecule is CC(C)(C)ON(CC(=O)c1ccccc1)C(=O)O.